The molecule has 0 atom stereocenters. The molecule has 1 saturated carbocycles. The van der Waals surface area contributed by atoms with E-state index in [0.29, 0.717) is 11.7 Å². The lowest BCUT2D eigenvalue weighted by Gasteiger charge is -2.10. The van der Waals surface area contributed by atoms with Crippen LogP contribution in [0.3, 0.4) is 0 Å². The molecule has 0 unspecified atom stereocenters. The van der Waals surface area contributed by atoms with Crippen LogP contribution in [0, 0.1) is 0 Å². The molecule has 0 spiro atoms. The molecule has 0 aliphatic heterocycles. The number of aromatic amines is 1. The molecule has 2 aromatic rings. The second kappa shape index (κ2) is 6.48. The average Bonchev–Trinajstić information content (AvgIpc) is 3.24. The summed E-state index contributed by atoms with van der Waals surface area (Å²) in [6.07, 6.45) is 4.83. The number of carbonyl (C=O) groups excluding carboxylic acids is 1. The maximum atomic E-state index is 12.4. The Morgan fingerprint density at radius 2 is 2.25 bits per heavy atom. The van der Waals surface area contributed by atoms with Crippen molar-refractivity contribution >= 4 is 23.4 Å². The van der Waals surface area contributed by atoms with Gasteiger partial charge in [0.2, 0.25) is 0 Å². The molecule has 2 aromatic heterocycles. The Hall–Kier alpha value is -2.62. The Balaban J connectivity index is 1.84. The van der Waals surface area contributed by atoms with E-state index in [-0.39, 0.29) is 23.2 Å². The van der Waals surface area contributed by atoms with Gasteiger partial charge in [0, 0.05) is 12.6 Å². The van der Waals surface area contributed by atoms with Gasteiger partial charge in [0.05, 0.1) is 5.75 Å². The van der Waals surface area contributed by atoms with Crippen LogP contribution in [0.2, 0.25) is 0 Å². The fourth-order valence-electron chi connectivity index (χ4n) is 2.35. The zero-order valence-electron chi connectivity index (χ0n) is 12.8. The first-order chi connectivity index (χ1) is 11.5. The number of rotatable bonds is 7. The summed E-state index contributed by atoms with van der Waals surface area (Å²) < 4.78 is 3.02. The van der Waals surface area contributed by atoms with E-state index in [9.17, 15) is 14.4 Å². The zero-order chi connectivity index (χ0) is 17.3. The number of carbonyl (C=O) groups is 1. The van der Waals surface area contributed by atoms with Gasteiger partial charge in [-0.25, -0.2) is 4.79 Å². The summed E-state index contributed by atoms with van der Waals surface area (Å²) >= 11 is 1.14. The van der Waals surface area contributed by atoms with Gasteiger partial charge >= 0.3 is 5.69 Å². The third-order valence-electron chi connectivity index (χ3n) is 3.61. The van der Waals surface area contributed by atoms with Gasteiger partial charge in [-0.05, 0) is 12.8 Å². The van der Waals surface area contributed by atoms with Crippen LogP contribution in [-0.4, -0.2) is 35.9 Å². The molecule has 24 heavy (non-hydrogen) atoms. The van der Waals surface area contributed by atoms with Crippen molar-refractivity contribution in [3.63, 3.8) is 0 Å². The number of nitrogens with two attached hydrogens (primary N) is 1. The first kappa shape index (κ1) is 16.2. The van der Waals surface area contributed by atoms with Gasteiger partial charge in [0.1, 0.15) is 17.7 Å². The highest BCUT2D eigenvalue weighted by Gasteiger charge is 2.30. The van der Waals surface area contributed by atoms with Crippen LogP contribution in [0.15, 0.2) is 33.7 Å². The molecule has 0 saturated heterocycles. The number of thioether (sulfide) groups is 1. The molecule has 0 aromatic carbocycles. The lowest BCUT2D eigenvalue weighted by atomic mass is 10.2. The number of aromatic nitrogens is 5. The molecule has 1 aliphatic rings. The molecular formula is C14H16N6O3S. The van der Waals surface area contributed by atoms with Crippen LogP contribution >= 0.6 is 11.8 Å². The molecule has 9 nitrogen and oxygen atoms in total. The Morgan fingerprint density at radius 3 is 2.92 bits per heavy atom. The maximum Gasteiger partial charge on any atom is 0.330 e. The number of nitrogens with zero attached hydrogens (tertiary/aromatic N) is 4. The van der Waals surface area contributed by atoms with Crippen LogP contribution in [0.25, 0.3) is 0 Å². The number of allylic oxidation sites excluding steroid dienone is 1. The predicted octanol–water partition coefficient (Wildman–Crippen LogP) is 0.206. The maximum absolute atomic E-state index is 12.4. The van der Waals surface area contributed by atoms with Crippen molar-refractivity contribution in [2.45, 2.75) is 30.6 Å². The van der Waals surface area contributed by atoms with Crippen molar-refractivity contribution in [2.24, 2.45) is 0 Å². The Labute approximate surface area is 140 Å². The Morgan fingerprint density at radius 1 is 1.50 bits per heavy atom. The van der Waals surface area contributed by atoms with Crippen molar-refractivity contribution in [1.82, 2.24) is 24.3 Å². The van der Waals surface area contributed by atoms with Crippen LogP contribution in [0.5, 0.6) is 0 Å². The summed E-state index contributed by atoms with van der Waals surface area (Å²) in [7, 11) is 0. The quantitative estimate of drug-likeness (QED) is 0.415. The van der Waals surface area contributed by atoms with E-state index >= 15 is 0 Å². The van der Waals surface area contributed by atoms with E-state index < -0.39 is 17.0 Å². The number of ketones is 1. The minimum absolute atomic E-state index is 0.0357. The van der Waals surface area contributed by atoms with E-state index in [1.807, 2.05) is 0 Å². The first-order valence-corrected chi connectivity index (χ1v) is 8.30. The predicted molar refractivity (Wildman–Crippen MR) is 89.3 cm³/mol. The number of nitrogen functional groups attached to an aromatic ring is 1. The van der Waals surface area contributed by atoms with Crippen LogP contribution in [0.4, 0.5) is 5.82 Å². The molecule has 0 bridgehead atoms. The standard InChI is InChI=1S/C14H16N6O3S/c1-2-5-19-7-16-18-14(19)24-6-9(21)10-11(15)20(8-3-4-8)13(23)17-12(10)22/h2,7-8H,1,3-6,15H2,(H,17,22,23). The third-order valence-corrected chi connectivity index (χ3v) is 4.59. The largest absolute Gasteiger partial charge is 0.384 e. The normalized spacial score (nSPS) is 13.8. The monoisotopic (exact) mass is 348 g/mol. The van der Waals surface area contributed by atoms with E-state index in [1.54, 1.807) is 10.6 Å². The lowest BCUT2D eigenvalue weighted by molar-refractivity contribution is 0.102. The van der Waals surface area contributed by atoms with E-state index in [1.165, 1.54) is 10.9 Å². The summed E-state index contributed by atoms with van der Waals surface area (Å²) in [4.78, 5) is 38.5. The van der Waals surface area contributed by atoms with Crippen molar-refractivity contribution in [2.75, 3.05) is 11.5 Å². The molecule has 1 aliphatic carbocycles. The van der Waals surface area contributed by atoms with E-state index in [4.69, 9.17) is 5.73 Å². The second-order valence-electron chi connectivity index (χ2n) is 5.39. The smallest absolute Gasteiger partial charge is 0.330 e. The Kier molecular flexibility index (Phi) is 4.38. The second-order valence-corrected chi connectivity index (χ2v) is 6.33. The molecule has 2 heterocycles. The highest BCUT2D eigenvalue weighted by atomic mass is 32.2. The van der Waals surface area contributed by atoms with Gasteiger partial charge in [0.15, 0.2) is 10.9 Å². The first-order valence-electron chi connectivity index (χ1n) is 7.32. The SMILES string of the molecule is C=CCn1cnnc1SCC(=O)c1c(N)n(C2CC2)c(=O)[nH]c1=O. The lowest BCUT2D eigenvalue weighted by Crippen LogP contribution is -2.36. The number of hydrogen-bond donors (Lipinski definition) is 2. The highest BCUT2D eigenvalue weighted by Crippen LogP contribution is 2.35. The van der Waals surface area contributed by atoms with Gasteiger partial charge < -0.3 is 10.3 Å². The van der Waals surface area contributed by atoms with Crippen LogP contribution < -0.4 is 17.0 Å². The summed E-state index contributed by atoms with van der Waals surface area (Å²) in [5.41, 5.74) is 4.41. The summed E-state index contributed by atoms with van der Waals surface area (Å²) in [6, 6.07) is -0.0377. The molecule has 126 valence electrons. The van der Waals surface area contributed by atoms with Gasteiger partial charge in [-0.1, -0.05) is 17.8 Å². The summed E-state index contributed by atoms with van der Waals surface area (Å²) in [5.74, 6) is -0.558. The van der Waals surface area contributed by atoms with Crippen molar-refractivity contribution in [3.05, 3.63) is 45.4 Å². The van der Waals surface area contributed by atoms with Gasteiger partial charge in [-0.15, -0.1) is 16.8 Å². The Bertz CT molecular complexity index is 908. The molecule has 1 fully saturated rings. The molecule has 10 heteroatoms. The minimum atomic E-state index is -0.757. The highest BCUT2D eigenvalue weighted by molar-refractivity contribution is 7.99. The van der Waals surface area contributed by atoms with E-state index in [0.717, 1.165) is 24.6 Å². The minimum Gasteiger partial charge on any atom is -0.384 e. The van der Waals surface area contributed by atoms with Gasteiger partial charge in [-0.2, -0.15) is 0 Å². The summed E-state index contributed by atoms with van der Waals surface area (Å²) in [5, 5.41) is 8.23. The zero-order valence-corrected chi connectivity index (χ0v) is 13.6. The van der Waals surface area contributed by atoms with Crippen LogP contribution in [-0.2, 0) is 6.54 Å². The summed E-state index contributed by atoms with van der Waals surface area (Å²) in [6.45, 7) is 4.15. The fourth-order valence-corrected chi connectivity index (χ4v) is 3.15. The fraction of sp³-hybridized carbons (Fsp3) is 0.357. The van der Waals surface area contributed by atoms with E-state index in [2.05, 4.69) is 21.8 Å². The van der Waals surface area contributed by atoms with Crippen molar-refractivity contribution < 1.29 is 4.79 Å². The average molecular weight is 348 g/mol. The third kappa shape index (κ3) is 3.04. The molecule has 3 rings (SSSR count). The number of hydrogen-bond acceptors (Lipinski definition) is 7. The number of nitrogens with one attached hydrogen (secondary N) is 1. The number of anilines is 1. The van der Waals surface area contributed by atoms with Crippen molar-refractivity contribution in [1.29, 1.82) is 0 Å². The molecule has 3 N–H and O–H groups in total. The molecular weight excluding hydrogens is 332 g/mol. The van der Waals surface area contributed by atoms with Gasteiger partial charge in [-0.3, -0.25) is 19.1 Å². The number of H-pyrrole nitrogens is 1. The topological polar surface area (TPSA) is 129 Å². The molecule has 0 radical (unpaired) electrons. The molecule has 0 amide bonds. The number of Topliss-reactive ketones (excluding diaryl/α,β-unsaturated/α-hetero) is 1. The van der Waals surface area contributed by atoms with Gasteiger partial charge in [0.25, 0.3) is 5.56 Å². The van der Waals surface area contributed by atoms with Crippen LogP contribution in [0.1, 0.15) is 29.2 Å². The van der Waals surface area contributed by atoms with Crippen molar-refractivity contribution in [3.8, 4) is 0 Å².